The van der Waals surface area contributed by atoms with Gasteiger partial charge in [-0.25, -0.2) is 24.0 Å². The summed E-state index contributed by atoms with van der Waals surface area (Å²) in [5.74, 6) is -18.7. The van der Waals surface area contributed by atoms with E-state index >= 15 is 4.79 Å². The van der Waals surface area contributed by atoms with Crippen LogP contribution < -0.4 is 53.6 Å². The Hall–Kier alpha value is -12.9. The van der Waals surface area contributed by atoms with Crippen LogP contribution >= 0.6 is 0 Å². The van der Waals surface area contributed by atoms with Crippen LogP contribution in [0.3, 0.4) is 0 Å². The summed E-state index contributed by atoms with van der Waals surface area (Å²) in [7, 11) is 0. The maximum absolute atomic E-state index is 15.0. The van der Waals surface area contributed by atoms with Gasteiger partial charge in [0.15, 0.2) is 0 Å². The van der Waals surface area contributed by atoms with Gasteiger partial charge in [0.05, 0.1) is 19.6 Å². The lowest BCUT2D eigenvalue weighted by Crippen LogP contribution is -2.59. The molecule has 4 aromatic carbocycles. The maximum Gasteiger partial charge on any atom is 0.352 e. The number of nitrogens with one attached hydrogen (secondary N) is 9. The summed E-state index contributed by atoms with van der Waals surface area (Å²) in [6, 6.07) is 11.8. The summed E-state index contributed by atoms with van der Waals surface area (Å²) in [6.45, 7) is -1.63. The van der Waals surface area contributed by atoms with Crippen molar-refractivity contribution >= 4 is 118 Å². The molecule has 4 aromatic rings. The quantitative estimate of drug-likeness (QED) is 0.0134. The molecule has 636 valence electrons. The largest absolute Gasteiger partial charge is 0.508 e. The summed E-state index contributed by atoms with van der Waals surface area (Å²) in [4.78, 5) is 223. The average Bonchev–Trinajstić information content (AvgIpc) is 0.826. The summed E-state index contributed by atoms with van der Waals surface area (Å²) >= 11 is 0. The highest BCUT2D eigenvalue weighted by Crippen LogP contribution is 2.20. The van der Waals surface area contributed by atoms with Crippen LogP contribution in [-0.4, -0.2) is 299 Å². The van der Waals surface area contributed by atoms with Crippen molar-refractivity contribution in [3.05, 3.63) is 119 Å². The van der Waals surface area contributed by atoms with E-state index in [0.717, 1.165) is 16.8 Å². The van der Waals surface area contributed by atoms with Crippen molar-refractivity contribution in [3.8, 4) is 5.75 Å². The first kappa shape index (κ1) is 94.7. The molecule has 0 saturated carbocycles. The lowest BCUT2D eigenvalue weighted by molar-refractivity contribution is -0.145. The number of nitrogens with two attached hydrogens (primary N) is 1. The van der Waals surface area contributed by atoms with Gasteiger partial charge in [-0.3, -0.25) is 77.1 Å². The summed E-state index contributed by atoms with van der Waals surface area (Å²) in [5, 5.41) is 121. The first-order chi connectivity index (χ1) is 55.5. The number of aromatic hydroxyl groups is 1. The standard InChI is InChI=1S/C76H100N14O27/c77-50-16-11-45(12-17-50)39-56(81-63(95)24-22-59(75(115)116)90-36-34-88(43-66(100)101)32-30-87(42-65(98)99)31-33-89(35-37-90)44-67(102)103)68(104)83-57(40-46-13-18-51(91)19-14-46)70(106)84-58(41-47-10-15-48-6-1-2-7-49(48)38-47)69(105)82-53(72(109)110)8-3-4-28-78-60(92)25-26-61(93)79-29-5-9-52(71(107)108)80-62(94)23-20-54(73(111)112)85-76(117)86-55(74(113)114)21-27-64(96)97/h1-2,6-7,9-19,38,53-59,91H,3-5,8,20-37,39-44,77H2,(H,78,92)(H,79,93)(H,80,94)(H,81,95)(H,82,105)(H,83,104)(H,84,106)(H,96,97)(H,98,99)(H,100,101)(H,102,103)(H,107,108)(H,109,110)(H,111,112)(H,113,114)(H,115,116)(H2,85,86,117)/b52-9+/t53-,54+,55+,56-,57-,58-,59?/m1/s1. The SMILES string of the molecule is Nc1ccc(C[C@@H](NC(=O)CCC(C(=O)O)N2CCN(CC(=O)O)CCN(CC(=O)O)CCN(CC(=O)O)CC2)C(=O)N[C@H](Cc2ccc(O)cc2)C(=O)N[C@H](Cc2ccc3ccccc3c2)C(=O)N[C@H](CCCCNC(=O)CCC(=O)NCC/C=C(/NC(=O)CC[C@H](NC(=O)N[C@@H](CCC(=O)O)C(=O)O)C(=O)O)C(=O)O)C(=O)O)cc1. The van der Waals surface area contributed by atoms with E-state index in [2.05, 4.69) is 37.2 Å². The van der Waals surface area contributed by atoms with Crippen molar-refractivity contribution in [2.75, 3.05) is 90.8 Å². The maximum atomic E-state index is 15.0. The molecule has 0 radical (unpaired) electrons. The van der Waals surface area contributed by atoms with Crippen LogP contribution in [0.2, 0.25) is 0 Å². The number of phenolic OH excluding ortho intramolecular Hbond substituents is 1. The molecule has 1 fully saturated rings. The molecule has 21 N–H and O–H groups in total. The number of phenols is 1. The fourth-order valence-electron chi connectivity index (χ4n) is 12.3. The third-order valence-corrected chi connectivity index (χ3v) is 18.6. The number of unbranched alkanes of at least 4 members (excludes halogenated alkanes) is 1. The van der Waals surface area contributed by atoms with Crippen LogP contribution in [0.4, 0.5) is 10.5 Å². The summed E-state index contributed by atoms with van der Waals surface area (Å²) in [6.07, 6.45) is -3.87. The van der Waals surface area contributed by atoms with Crippen LogP contribution in [0.1, 0.15) is 93.7 Å². The molecule has 1 unspecified atom stereocenters. The van der Waals surface area contributed by atoms with Crippen LogP contribution in [0.25, 0.3) is 10.8 Å². The van der Waals surface area contributed by atoms with Crippen molar-refractivity contribution in [2.45, 2.75) is 139 Å². The minimum Gasteiger partial charge on any atom is -0.508 e. The molecule has 1 saturated heterocycles. The minimum absolute atomic E-state index is 0.0125. The Balaban J connectivity index is 1.24. The molecular formula is C76H100N14O27. The van der Waals surface area contributed by atoms with Gasteiger partial charge in [0, 0.05) is 123 Å². The molecule has 5 rings (SSSR count). The van der Waals surface area contributed by atoms with E-state index in [1.54, 1.807) is 36.4 Å². The van der Waals surface area contributed by atoms with E-state index < -0.39 is 207 Å². The second kappa shape index (κ2) is 49.0. The number of urea groups is 1. The van der Waals surface area contributed by atoms with Crippen LogP contribution in [0.5, 0.6) is 5.75 Å². The average molecular weight is 1640 g/mol. The van der Waals surface area contributed by atoms with E-state index in [4.69, 9.17) is 10.8 Å². The van der Waals surface area contributed by atoms with E-state index in [1.165, 1.54) is 56.0 Å². The molecule has 1 aliphatic heterocycles. The zero-order valence-electron chi connectivity index (χ0n) is 63.9. The van der Waals surface area contributed by atoms with Crippen molar-refractivity contribution in [3.63, 3.8) is 0 Å². The van der Waals surface area contributed by atoms with Crippen molar-refractivity contribution < 1.29 is 133 Å². The summed E-state index contributed by atoms with van der Waals surface area (Å²) in [5.41, 5.74) is 7.03. The first-order valence-electron chi connectivity index (χ1n) is 37.3. The van der Waals surface area contributed by atoms with Gasteiger partial charge in [-0.1, -0.05) is 72.8 Å². The first-order valence-corrected chi connectivity index (χ1v) is 37.3. The highest BCUT2D eigenvalue weighted by molar-refractivity contribution is 5.97. The number of hydrogen-bond donors (Lipinski definition) is 20. The third-order valence-electron chi connectivity index (χ3n) is 18.6. The number of carbonyl (C=O) groups is 17. The Kier molecular flexibility index (Phi) is 39.7. The number of rotatable bonds is 48. The van der Waals surface area contributed by atoms with Gasteiger partial charge in [0.2, 0.25) is 41.4 Å². The lowest BCUT2D eigenvalue weighted by Gasteiger charge is -2.35. The predicted molar refractivity (Wildman–Crippen MR) is 412 cm³/mol. The number of carboxylic acid groups (broad SMARTS) is 9. The second-order valence-electron chi connectivity index (χ2n) is 27.6. The van der Waals surface area contributed by atoms with Gasteiger partial charge in [-0.05, 0) is 96.7 Å². The number of aliphatic carboxylic acids is 9. The number of carbonyl (C=O) groups excluding carboxylic acids is 8. The Labute approximate surface area is 669 Å². The Morgan fingerprint density at radius 3 is 1.30 bits per heavy atom. The molecule has 9 amide bonds. The third kappa shape index (κ3) is 36.4. The van der Waals surface area contributed by atoms with E-state index in [1.807, 2.05) is 28.8 Å². The topological polar surface area (TPSA) is 640 Å². The molecule has 41 nitrogen and oxygen atoms in total. The Bertz CT molecular complexity index is 4150. The zero-order valence-corrected chi connectivity index (χ0v) is 63.9. The number of carboxylic acids is 9. The lowest BCUT2D eigenvalue weighted by atomic mass is 9.99. The monoisotopic (exact) mass is 1640 g/mol. The normalized spacial score (nSPS) is 15.0. The number of amides is 9. The van der Waals surface area contributed by atoms with Crippen molar-refractivity contribution in [1.29, 1.82) is 0 Å². The van der Waals surface area contributed by atoms with E-state index in [-0.39, 0.29) is 129 Å². The molecular weight excluding hydrogens is 1540 g/mol. The Morgan fingerprint density at radius 1 is 0.393 bits per heavy atom. The number of anilines is 1. The molecule has 0 spiro atoms. The second-order valence-corrected chi connectivity index (χ2v) is 27.6. The van der Waals surface area contributed by atoms with Crippen LogP contribution in [-0.2, 0) is 96.0 Å². The molecule has 117 heavy (non-hydrogen) atoms. The Morgan fingerprint density at radius 2 is 0.821 bits per heavy atom. The van der Waals surface area contributed by atoms with Crippen molar-refractivity contribution in [2.24, 2.45) is 0 Å². The molecule has 0 aliphatic carbocycles. The highest BCUT2D eigenvalue weighted by Gasteiger charge is 2.35. The number of hydrogen-bond acceptors (Lipinski definition) is 23. The van der Waals surface area contributed by atoms with Gasteiger partial charge in [0.25, 0.3) is 0 Å². The minimum atomic E-state index is -1.77. The van der Waals surface area contributed by atoms with Gasteiger partial charge < -0.3 is 105 Å². The van der Waals surface area contributed by atoms with Gasteiger partial charge >= 0.3 is 59.8 Å². The molecule has 1 heterocycles. The highest BCUT2D eigenvalue weighted by atomic mass is 16.4. The molecule has 41 heteroatoms. The van der Waals surface area contributed by atoms with Crippen LogP contribution in [0, 0.1) is 0 Å². The predicted octanol–water partition coefficient (Wildman–Crippen LogP) is -1.60. The number of nitrogens with zero attached hydrogens (tertiary/aromatic N) is 4. The summed E-state index contributed by atoms with van der Waals surface area (Å²) < 4.78 is 0. The number of nitrogen functional groups attached to an aromatic ring is 1. The van der Waals surface area contributed by atoms with Gasteiger partial charge in [0.1, 0.15) is 53.7 Å². The van der Waals surface area contributed by atoms with Crippen LogP contribution in [0.15, 0.2) is 103 Å². The number of fused-ring (bicyclic) bond motifs is 1. The zero-order chi connectivity index (χ0) is 86.3. The fourth-order valence-corrected chi connectivity index (χ4v) is 12.3. The molecule has 0 bridgehead atoms. The van der Waals surface area contributed by atoms with Gasteiger partial charge in [-0.15, -0.1) is 0 Å². The number of benzene rings is 4. The van der Waals surface area contributed by atoms with Gasteiger partial charge in [-0.2, -0.15) is 0 Å². The molecule has 0 aromatic heterocycles. The van der Waals surface area contributed by atoms with E-state index in [9.17, 15) is 123 Å². The van der Waals surface area contributed by atoms with Crippen molar-refractivity contribution in [1.82, 2.24) is 67.5 Å². The molecule has 1 aliphatic rings. The van der Waals surface area contributed by atoms with E-state index in [0.29, 0.717) is 22.4 Å². The molecule has 7 atom stereocenters. The fraction of sp³-hybridized carbons (Fsp3) is 0.461. The smallest absolute Gasteiger partial charge is 0.352 e.